The van der Waals surface area contributed by atoms with E-state index in [-0.39, 0.29) is 22.2 Å². The van der Waals surface area contributed by atoms with Crippen LogP contribution in [0.5, 0.6) is 0 Å². The summed E-state index contributed by atoms with van der Waals surface area (Å²) >= 11 is 0. The molecule has 0 atom stereocenters. The van der Waals surface area contributed by atoms with Gasteiger partial charge in [0.05, 0.1) is 49.8 Å². The zero-order chi connectivity index (χ0) is 41.0. The fourth-order valence-corrected chi connectivity index (χ4v) is 7.77. The van der Waals surface area contributed by atoms with Crippen LogP contribution in [0.25, 0.3) is 66.2 Å². The Morgan fingerprint density at radius 1 is 0.417 bits per heavy atom. The molecule has 0 amide bonds. The molecule has 3 aromatic heterocycles. The van der Waals surface area contributed by atoms with E-state index < -0.39 is 23.5 Å². The van der Waals surface area contributed by atoms with E-state index in [2.05, 4.69) is 0 Å². The third kappa shape index (κ3) is 6.42. The van der Waals surface area contributed by atoms with Gasteiger partial charge in [-0.1, -0.05) is 91.0 Å². The molecule has 0 fully saturated rings. The van der Waals surface area contributed by atoms with Gasteiger partial charge in [-0.15, -0.1) is 0 Å². The van der Waals surface area contributed by atoms with E-state index in [4.69, 9.17) is 34.6 Å². The molecular formula is C48H30N6O6. The summed E-state index contributed by atoms with van der Waals surface area (Å²) in [7, 11) is 0. The molecular weight excluding hydrogens is 757 g/mol. The summed E-state index contributed by atoms with van der Waals surface area (Å²) in [5.74, 6) is -2.79. The molecule has 12 heteroatoms. The van der Waals surface area contributed by atoms with E-state index in [0.29, 0.717) is 73.5 Å². The smallest absolute Gasteiger partial charge is 0.339 e. The van der Waals surface area contributed by atoms with Crippen LogP contribution in [0, 0.1) is 0 Å². The second-order valence-electron chi connectivity index (χ2n) is 14.6. The molecule has 0 saturated heterocycles. The van der Waals surface area contributed by atoms with Crippen LogP contribution in [0.2, 0.25) is 0 Å². The molecule has 288 valence electrons. The Labute approximate surface area is 339 Å². The van der Waals surface area contributed by atoms with E-state index in [1.54, 1.807) is 30.3 Å². The normalized spacial score (nSPS) is 11.8. The molecule has 12 nitrogen and oxygen atoms in total. The number of fused-ring (bicyclic) bond motifs is 9. The van der Waals surface area contributed by atoms with Crippen LogP contribution in [0.3, 0.4) is 0 Å². The van der Waals surface area contributed by atoms with Crippen LogP contribution in [0.1, 0.15) is 47.8 Å². The number of benzene rings is 7. The number of aromatic carboxylic acids is 2. The minimum atomic E-state index is -1.12. The van der Waals surface area contributed by atoms with Crippen molar-refractivity contribution in [2.24, 2.45) is 0 Å². The maximum atomic E-state index is 14.5. The second kappa shape index (κ2) is 14.3. The number of carboxylic acids is 2. The van der Waals surface area contributed by atoms with E-state index in [9.17, 15) is 24.6 Å². The highest BCUT2D eigenvalue weighted by molar-refractivity contribution is 6.21. The maximum absolute atomic E-state index is 14.5. The molecule has 0 saturated carbocycles. The Bertz CT molecular complexity index is 3340. The van der Waals surface area contributed by atoms with Gasteiger partial charge < -0.3 is 14.9 Å². The number of ether oxygens (including phenoxy) is 1. The predicted octanol–water partition coefficient (Wildman–Crippen LogP) is 8.91. The Balaban J connectivity index is 1.16. The van der Waals surface area contributed by atoms with Crippen molar-refractivity contribution in [3.63, 3.8) is 0 Å². The van der Waals surface area contributed by atoms with Crippen molar-refractivity contribution in [3.05, 3.63) is 179 Å². The van der Waals surface area contributed by atoms with E-state index >= 15 is 0 Å². The number of esters is 1. The molecule has 0 bridgehead atoms. The zero-order valence-electron chi connectivity index (χ0n) is 31.5. The predicted molar refractivity (Wildman–Crippen MR) is 226 cm³/mol. The molecule has 3 heterocycles. The van der Waals surface area contributed by atoms with Gasteiger partial charge in [-0.25, -0.2) is 44.3 Å². The maximum Gasteiger partial charge on any atom is 0.339 e. The van der Waals surface area contributed by atoms with Gasteiger partial charge in [0.1, 0.15) is 38.7 Å². The number of carbonyl (C=O) groups is 3. The first-order valence-electron chi connectivity index (χ1n) is 19.0. The summed E-state index contributed by atoms with van der Waals surface area (Å²) in [6, 6.07) is 43.5. The standard InChI is InChI=1S/C48H30N6O6/c55-45(56)29-16-19-33-36(22-29)52-42-39(49-33)40-43(53-37-23-30(46(57)58)17-20-34(37)50-40)44-41(42)51-35-21-18-31(24-38(35)54-44)47(59)60-48(32-14-8-3-9-15-32,25-27-10-4-1-5-11-27)26-28-12-6-2-7-13-28/h1-24H,25-26H2,(H,55,56)(H,57,58). The average Bonchev–Trinajstić information content (AvgIpc) is 3.27. The van der Waals surface area contributed by atoms with Gasteiger partial charge in [0.2, 0.25) is 0 Å². The molecule has 0 spiro atoms. The quantitative estimate of drug-likeness (QED) is 0.0808. The van der Waals surface area contributed by atoms with Gasteiger partial charge in [0.25, 0.3) is 0 Å². The number of rotatable bonds is 9. The zero-order valence-corrected chi connectivity index (χ0v) is 31.5. The van der Waals surface area contributed by atoms with E-state index in [1.165, 1.54) is 24.3 Å². The molecule has 0 aliphatic rings. The minimum Gasteiger partial charge on any atom is -0.478 e. The first-order chi connectivity index (χ1) is 29.2. The van der Waals surface area contributed by atoms with Gasteiger partial charge in [-0.2, -0.15) is 0 Å². The average molecular weight is 787 g/mol. The Hall–Kier alpha value is -8.25. The Morgan fingerprint density at radius 2 is 0.750 bits per heavy atom. The van der Waals surface area contributed by atoms with Crippen molar-refractivity contribution in [1.29, 1.82) is 0 Å². The monoisotopic (exact) mass is 786 g/mol. The molecule has 10 rings (SSSR count). The second-order valence-corrected chi connectivity index (χ2v) is 14.6. The van der Waals surface area contributed by atoms with Crippen molar-refractivity contribution >= 4 is 84.1 Å². The molecule has 0 aliphatic carbocycles. The topological polar surface area (TPSA) is 178 Å². The number of hydrogen-bond donors (Lipinski definition) is 2. The Kier molecular flexibility index (Phi) is 8.60. The van der Waals surface area contributed by atoms with Crippen LogP contribution in [0.15, 0.2) is 146 Å². The third-order valence-corrected chi connectivity index (χ3v) is 10.6. The SMILES string of the molecule is O=C(O)c1ccc2nc3c4nc5ccc(C(=O)O)cc5nc4c4nc5cc(C(=O)OC(Cc6ccccc6)(Cc6ccccc6)c6ccccc6)ccc5nc4c3nc2c1. The van der Waals surface area contributed by atoms with Crippen LogP contribution in [0.4, 0.5) is 0 Å². The van der Waals surface area contributed by atoms with E-state index in [1.807, 2.05) is 91.0 Å². The van der Waals surface area contributed by atoms with Crippen LogP contribution in [-0.2, 0) is 23.2 Å². The van der Waals surface area contributed by atoms with Crippen molar-refractivity contribution in [3.8, 4) is 0 Å². The van der Waals surface area contributed by atoms with Gasteiger partial charge in [0, 0.05) is 12.8 Å². The lowest BCUT2D eigenvalue weighted by atomic mass is 9.81. The molecule has 60 heavy (non-hydrogen) atoms. The highest BCUT2D eigenvalue weighted by Crippen LogP contribution is 2.37. The van der Waals surface area contributed by atoms with Crippen molar-refractivity contribution < 1.29 is 29.3 Å². The number of aromatic nitrogens is 6. The molecule has 0 radical (unpaired) electrons. The molecule has 10 aromatic rings. The van der Waals surface area contributed by atoms with Crippen molar-refractivity contribution in [2.75, 3.05) is 0 Å². The highest BCUT2D eigenvalue weighted by Gasteiger charge is 2.38. The van der Waals surface area contributed by atoms with Crippen LogP contribution in [-0.4, -0.2) is 58.0 Å². The fourth-order valence-electron chi connectivity index (χ4n) is 7.77. The highest BCUT2D eigenvalue weighted by atomic mass is 16.6. The number of carboxylic acid groups (broad SMARTS) is 2. The molecule has 0 aliphatic heterocycles. The molecule has 0 unspecified atom stereocenters. The van der Waals surface area contributed by atoms with Crippen LogP contribution >= 0.6 is 0 Å². The summed E-state index contributed by atoms with van der Waals surface area (Å²) in [4.78, 5) is 67.8. The number of nitrogens with zero attached hydrogens (tertiary/aromatic N) is 6. The minimum absolute atomic E-state index is 0.0343. The summed E-state index contributed by atoms with van der Waals surface area (Å²) in [5.41, 5.74) is 6.25. The van der Waals surface area contributed by atoms with Gasteiger partial charge in [-0.05, 0) is 71.3 Å². The van der Waals surface area contributed by atoms with E-state index in [0.717, 1.165) is 16.7 Å². The summed E-state index contributed by atoms with van der Waals surface area (Å²) in [5, 5.41) is 19.4. The lowest BCUT2D eigenvalue weighted by molar-refractivity contribution is -0.0218. The van der Waals surface area contributed by atoms with Crippen molar-refractivity contribution in [1.82, 2.24) is 29.9 Å². The lowest BCUT2D eigenvalue weighted by Gasteiger charge is -2.35. The Morgan fingerprint density at radius 3 is 1.13 bits per heavy atom. The summed E-state index contributed by atoms with van der Waals surface area (Å²) in [6.07, 6.45) is 0.824. The first-order valence-corrected chi connectivity index (χ1v) is 19.0. The lowest BCUT2D eigenvalue weighted by Crippen LogP contribution is -2.37. The molecule has 7 aromatic carbocycles. The van der Waals surface area contributed by atoms with Gasteiger partial charge in [0.15, 0.2) is 0 Å². The van der Waals surface area contributed by atoms with Crippen molar-refractivity contribution in [2.45, 2.75) is 18.4 Å². The first kappa shape index (κ1) is 36.1. The number of carbonyl (C=O) groups excluding carboxylic acids is 1. The molecule has 2 N–H and O–H groups in total. The van der Waals surface area contributed by atoms with Crippen LogP contribution < -0.4 is 0 Å². The fraction of sp³-hybridized carbons (Fsp3) is 0.0625. The number of hydrogen-bond acceptors (Lipinski definition) is 10. The third-order valence-electron chi connectivity index (χ3n) is 10.6. The summed E-state index contributed by atoms with van der Waals surface area (Å²) in [6.45, 7) is 0. The largest absolute Gasteiger partial charge is 0.478 e. The van der Waals surface area contributed by atoms with Gasteiger partial charge >= 0.3 is 17.9 Å². The summed E-state index contributed by atoms with van der Waals surface area (Å²) < 4.78 is 6.71. The van der Waals surface area contributed by atoms with Gasteiger partial charge in [-0.3, -0.25) is 0 Å².